The van der Waals surface area contributed by atoms with Gasteiger partial charge in [-0.25, -0.2) is 4.39 Å². The van der Waals surface area contributed by atoms with E-state index in [0.717, 1.165) is 0 Å². The summed E-state index contributed by atoms with van der Waals surface area (Å²) in [7, 11) is 3.06. The highest BCUT2D eigenvalue weighted by atomic mass is 35.5. The third-order valence-electron chi connectivity index (χ3n) is 6.53. The molecule has 4 rings (SSSR count). The van der Waals surface area contributed by atoms with Crippen LogP contribution in [-0.4, -0.2) is 30.9 Å². The number of hydrogen-bond donors (Lipinski definition) is 1. The zero-order valence-corrected chi connectivity index (χ0v) is 24.1. The summed E-state index contributed by atoms with van der Waals surface area (Å²) in [6, 6.07) is 24.2. The summed E-state index contributed by atoms with van der Waals surface area (Å²) >= 11 is 12.4. The van der Waals surface area contributed by atoms with Gasteiger partial charge in [-0.1, -0.05) is 77.8 Å². The smallest absolute Gasteiger partial charge is 0.247 e. The number of benzene rings is 4. The van der Waals surface area contributed by atoms with Gasteiger partial charge in [-0.15, -0.1) is 0 Å². The van der Waals surface area contributed by atoms with Crippen LogP contribution in [0.25, 0.3) is 0 Å². The molecule has 212 valence electrons. The molecule has 0 aliphatic heterocycles. The Labute approximate surface area is 248 Å². The Morgan fingerprint density at radius 1 is 0.854 bits per heavy atom. The third-order valence-corrected chi connectivity index (χ3v) is 7.12. The van der Waals surface area contributed by atoms with E-state index in [9.17, 15) is 14.0 Å². The number of carbonyl (C=O) groups is 2. The van der Waals surface area contributed by atoms with Crippen LogP contribution in [0, 0.1) is 5.82 Å². The topological polar surface area (TPSA) is 67.9 Å². The predicted molar refractivity (Wildman–Crippen MR) is 158 cm³/mol. The number of amides is 2. The van der Waals surface area contributed by atoms with Crippen molar-refractivity contribution in [2.75, 3.05) is 14.2 Å². The zero-order valence-electron chi connectivity index (χ0n) is 22.6. The average Bonchev–Trinajstić information content (AvgIpc) is 2.97. The molecule has 0 spiro atoms. The predicted octanol–water partition coefficient (Wildman–Crippen LogP) is 6.78. The lowest BCUT2D eigenvalue weighted by molar-refractivity contribution is -0.141. The fourth-order valence-corrected chi connectivity index (χ4v) is 4.90. The van der Waals surface area contributed by atoms with Gasteiger partial charge in [-0.3, -0.25) is 9.59 Å². The minimum Gasteiger partial charge on any atom is -0.493 e. The Morgan fingerprint density at radius 3 is 2.20 bits per heavy atom. The van der Waals surface area contributed by atoms with E-state index in [-0.39, 0.29) is 25.4 Å². The Hall–Kier alpha value is -4.07. The van der Waals surface area contributed by atoms with Crippen molar-refractivity contribution in [3.63, 3.8) is 0 Å². The van der Waals surface area contributed by atoms with Gasteiger partial charge in [0.25, 0.3) is 0 Å². The van der Waals surface area contributed by atoms with Crippen molar-refractivity contribution in [2.24, 2.45) is 0 Å². The second kappa shape index (κ2) is 14.0. The summed E-state index contributed by atoms with van der Waals surface area (Å²) in [6.07, 6.45) is -0.0127. The molecule has 2 amide bonds. The van der Waals surface area contributed by atoms with Crippen molar-refractivity contribution in [2.45, 2.75) is 25.6 Å². The lowest BCUT2D eigenvalue weighted by Gasteiger charge is -2.32. The van der Waals surface area contributed by atoms with Crippen LogP contribution >= 0.6 is 23.2 Å². The summed E-state index contributed by atoms with van der Waals surface area (Å²) in [5.74, 6) is -0.0800. The number of halogens is 3. The number of rotatable bonds is 11. The molecule has 41 heavy (non-hydrogen) atoms. The first-order valence-electron chi connectivity index (χ1n) is 12.8. The van der Waals surface area contributed by atoms with Crippen molar-refractivity contribution >= 4 is 35.0 Å². The first-order valence-corrected chi connectivity index (χ1v) is 13.6. The largest absolute Gasteiger partial charge is 0.493 e. The summed E-state index contributed by atoms with van der Waals surface area (Å²) in [5.41, 5.74) is 2.64. The van der Waals surface area contributed by atoms with E-state index >= 15 is 0 Å². The summed E-state index contributed by atoms with van der Waals surface area (Å²) < 4.78 is 24.4. The lowest BCUT2D eigenvalue weighted by atomic mass is 10.0. The van der Waals surface area contributed by atoms with Crippen LogP contribution in [0.4, 0.5) is 4.39 Å². The minimum absolute atomic E-state index is 0.0127. The molecular weight excluding hydrogens is 566 g/mol. The number of nitrogens with one attached hydrogen (secondary N) is 1. The maximum atomic E-state index is 14.0. The van der Waals surface area contributed by atoms with Crippen molar-refractivity contribution in [3.05, 3.63) is 129 Å². The Balaban J connectivity index is 1.69. The van der Waals surface area contributed by atoms with Gasteiger partial charge in [-0.05, 0) is 58.7 Å². The highest BCUT2D eigenvalue weighted by Crippen LogP contribution is 2.30. The number of ether oxygens (including phenoxy) is 2. The highest BCUT2D eigenvalue weighted by molar-refractivity contribution is 6.35. The molecule has 4 aromatic carbocycles. The molecule has 9 heteroatoms. The molecule has 0 fully saturated rings. The Bertz CT molecular complexity index is 1500. The van der Waals surface area contributed by atoms with Crippen LogP contribution in [0.15, 0.2) is 91.0 Å². The summed E-state index contributed by atoms with van der Waals surface area (Å²) in [6.45, 7) is 0.202. The molecular formula is C32H29Cl2FN2O4. The molecule has 1 N–H and O–H groups in total. The Morgan fingerprint density at radius 2 is 1.54 bits per heavy atom. The van der Waals surface area contributed by atoms with Crippen molar-refractivity contribution in [1.29, 1.82) is 0 Å². The monoisotopic (exact) mass is 594 g/mol. The fourth-order valence-electron chi connectivity index (χ4n) is 4.43. The fraction of sp³-hybridized carbons (Fsp3) is 0.188. The Kier molecular flexibility index (Phi) is 10.2. The number of hydrogen-bond acceptors (Lipinski definition) is 4. The number of methoxy groups -OCH3 is 2. The van der Waals surface area contributed by atoms with E-state index in [4.69, 9.17) is 32.7 Å². The van der Waals surface area contributed by atoms with E-state index in [1.807, 2.05) is 6.07 Å². The van der Waals surface area contributed by atoms with E-state index < -0.39 is 17.8 Å². The first-order chi connectivity index (χ1) is 19.8. The molecule has 0 aliphatic carbocycles. The van der Waals surface area contributed by atoms with Crippen LogP contribution in [0.3, 0.4) is 0 Å². The van der Waals surface area contributed by atoms with E-state index in [0.29, 0.717) is 43.8 Å². The van der Waals surface area contributed by atoms with Crippen LogP contribution in [0.2, 0.25) is 10.0 Å². The lowest BCUT2D eigenvalue weighted by Crippen LogP contribution is -2.43. The van der Waals surface area contributed by atoms with Crippen LogP contribution in [0.1, 0.15) is 28.3 Å². The summed E-state index contributed by atoms with van der Waals surface area (Å²) in [5, 5.41) is 3.83. The van der Waals surface area contributed by atoms with E-state index in [2.05, 4.69) is 5.32 Å². The molecule has 1 atom stereocenters. The zero-order chi connectivity index (χ0) is 29.4. The van der Waals surface area contributed by atoms with E-state index in [1.54, 1.807) is 72.8 Å². The molecule has 0 aromatic heterocycles. The van der Waals surface area contributed by atoms with Gasteiger partial charge in [0.15, 0.2) is 11.5 Å². The van der Waals surface area contributed by atoms with Crippen LogP contribution < -0.4 is 14.8 Å². The second-order valence-electron chi connectivity index (χ2n) is 9.28. The number of carbonyl (C=O) groups excluding carboxylic acids is 2. The highest BCUT2D eigenvalue weighted by Gasteiger charge is 2.31. The van der Waals surface area contributed by atoms with Crippen molar-refractivity contribution < 1.29 is 23.5 Å². The SMILES string of the molecule is COc1ccc(CC(=O)N(Cc2ccc(F)cc2)[C@H](C(=O)NCc2ccc(Cl)cc2Cl)c2ccccc2)cc1OC. The van der Waals surface area contributed by atoms with Gasteiger partial charge in [0.2, 0.25) is 11.8 Å². The maximum Gasteiger partial charge on any atom is 0.247 e. The molecule has 6 nitrogen and oxygen atoms in total. The van der Waals surface area contributed by atoms with Crippen molar-refractivity contribution in [1.82, 2.24) is 10.2 Å². The molecule has 0 heterocycles. The van der Waals surface area contributed by atoms with Gasteiger partial charge in [0.05, 0.1) is 20.6 Å². The molecule has 0 unspecified atom stereocenters. The second-order valence-corrected chi connectivity index (χ2v) is 10.1. The standard InChI is InChI=1S/C32H29Cl2FN2O4/c1-40-28-15-10-22(16-29(28)41-2)17-30(38)37(20-21-8-13-26(35)14-9-21)31(23-6-4-3-5-7-23)32(39)36-19-24-11-12-25(33)18-27(24)34/h3-16,18,31H,17,19-20H2,1-2H3,(H,36,39)/t31-/m0/s1. The average molecular weight is 595 g/mol. The van der Waals surface area contributed by atoms with Crippen LogP contribution in [0.5, 0.6) is 11.5 Å². The summed E-state index contributed by atoms with van der Waals surface area (Å²) in [4.78, 5) is 29.3. The van der Waals surface area contributed by atoms with Gasteiger partial charge >= 0.3 is 0 Å². The van der Waals surface area contributed by atoms with E-state index in [1.165, 1.54) is 31.3 Å². The molecule has 0 radical (unpaired) electrons. The molecule has 4 aromatic rings. The van der Waals surface area contributed by atoms with Crippen molar-refractivity contribution in [3.8, 4) is 11.5 Å². The number of nitrogens with zero attached hydrogens (tertiary/aromatic N) is 1. The van der Waals surface area contributed by atoms with Gasteiger partial charge in [0.1, 0.15) is 11.9 Å². The maximum absolute atomic E-state index is 14.0. The third kappa shape index (κ3) is 7.78. The minimum atomic E-state index is -0.986. The van der Waals surface area contributed by atoms with Gasteiger partial charge in [-0.2, -0.15) is 0 Å². The quantitative estimate of drug-likeness (QED) is 0.208. The molecule has 0 bridgehead atoms. The van der Waals surface area contributed by atoms with Crippen LogP contribution in [-0.2, 0) is 29.1 Å². The van der Waals surface area contributed by atoms with Gasteiger partial charge in [0, 0.05) is 23.1 Å². The normalized spacial score (nSPS) is 11.4. The molecule has 0 saturated carbocycles. The molecule has 0 saturated heterocycles. The van der Waals surface area contributed by atoms with Gasteiger partial charge < -0.3 is 19.7 Å². The molecule has 0 aliphatic rings. The first kappa shape index (κ1) is 29.9.